The molecule has 19 heavy (non-hydrogen) atoms. The fourth-order valence-electron chi connectivity index (χ4n) is 2.39. The third-order valence-electron chi connectivity index (χ3n) is 3.38. The Hall–Kier alpha value is -1.10. The average Bonchev–Trinajstić information content (AvgIpc) is 2.92. The van der Waals surface area contributed by atoms with E-state index >= 15 is 0 Å². The van der Waals surface area contributed by atoms with Crippen molar-refractivity contribution in [3.8, 4) is 5.75 Å². The van der Waals surface area contributed by atoms with Gasteiger partial charge in [0.15, 0.2) is 0 Å². The maximum absolute atomic E-state index is 5.83. The van der Waals surface area contributed by atoms with Crippen molar-refractivity contribution in [2.24, 2.45) is 0 Å². The van der Waals surface area contributed by atoms with Gasteiger partial charge in [-0.3, -0.25) is 5.43 Å². The Balaban J connectivity index is 1.98. The van der Waals surface area contributed by atoms with E-state index in [2.05, 4.69) is 48.2 Å². The van der Waals surface area contributed by atoms with Crippen molar-refractivity contribution in [1.82, 2.24) is 16.2 Å². The second-order valence-corrected chi connectivity index (χ2v) is 4.97. The zero-order valence-electron chi connectivity index (χ0n) is 11.9. The monoisotopic (exact) mass is 263 g/mol. The molecular weight excluding hydrogens is 238 g/mol. The molecule has 2 unspecified atom stereocenters. The molecule has 1 saturated heterocycles. The van der Waals surface area contributed by atoms with Crippen LogP contribution in [-0.4, -0.2) is 25.7 Å². The van der Waals surface area contributed by atoms with Gasteiger partial charge in [-0.1, -0.05) is 32.0 Å². The molecule has 1 heterocycles. The summed E-state index contributed by atoms with van der Waals surface area (Å²) in [5.74, 6) is 1.01. The summed E-state index contributed by atoms with van der Waals surface area (Å²) in [5.41, 5.74) is 7.99. The first-order valence-electron chi connectivity index (χ1n) is 7.28. The summed E-state index contributed by atoms with van der Waals surface area (Å²) in [5, 5.41) is 3.38. The molecular formula is C15H25N3O. The number of para-hydroxylation sites is 1. The molecule has 0 bridgehead atoms. The molecule has 1 aliphatic rings. The lowest BCUT2D eigenvalue weighted by Gasteiger charge is -2.15. The summed E-state index contributed by atoms with van der Waals surface area (Å²) < 4.78 is 5.83. The van der Waals surface area contributed by atoms with Gasteiger partial charge in [-0.15, -0.1) is 0 Å². The van der Waals surface area contributed by atoms with Gasteiger partial charge >= 0.3 is 0 Å². The van der Waals surface area contributed by atoms with Crippen molar-refractivity contribution in [1.29, 1.82) is 0 Å². The van der Waals surface area contributed by atoms with E-state index < -0.39 is 0 Å². The van der Waals surface area contributed by atoms with Crippen LogP contribution in [0.1, 0.15) is 38.3 Å². The molecule has 0 spiro atoms. The highest BCUT2D eigenvalue weighted by Gasteiger charge is 2.26. The van der Waals surface area contributed by atoms with Gasteiger partial charge in [0.05, 0.1) is 12.6 Å². The van der Waals surface area contributed by atoms with Crippen LogP contribution < -0.4 is 20.9 Å². The molecule has 0 aromatic heterocycles. The summed E-state index contributed by atoms with van der Waals surface area (Å²) in [6.45, 7) is 7.05. The first-order valence-corrected chi connectivity index (χ1v) is 7.28. The SMILES string of the molecule is CCCOc1ccccc1C1CC(CNCC)NN1. The highest BCUT2D eigenvalue weighted by atomic mass is 16.5. The van der Waals surface area contributed by atoms with Gasteiger partial charge in [0.2, 0.25) is 0 Å². The van der Waals surface area contributed by atoms with Crippen molar-refractivity contribution < 1.29 is 4.74 Å². The fraction of sp³-hybridized carbons (Fsp3) is 0.600. The number of nitrogens with one attached hydrogen (secondary N) is 3. The van der Waals surface area contributed by atoms with Crippen LogP contribution >= 0.6 is 0 Å². The molecule has 0 aliphatic carbocycles. The molecule has 0 saturated carbocycles. The van der Waals surface area contributed by atoms with E-state index in [1.165, 1.54) is 5.56 Å². The Bertz CT molecular complexity index is 383. The summed E-state index contributed by atoms with van der Waals surface area (Å²) in [6.07, 6.45) is 2.12. The Labute approximate surface area is 115 Å². The molecule has 2 rings (SSSR count). The lowest BCUT2D eigenvalue weighted by atomic mass is 10.0. The largest absolute Gasteiger partial charge is 0.493 e. The number of likely N-dealkylation sites (N-methyl/N-ethyl adjacent to an activating group) is 1. The Morgan fingerprint density at radius 3 is 2.89 bits per heavy atom. The zero-order chi connectivity index (χ0) is 13.5. The lowest BCUT2D eigenvalue weighted by molar-refractivity contribution is 0.311. The third-order valence-corrected chi connectivity index (χ3v) is 3.38. The van der Waals surface area contributed by atoms with Gasteiger partial charge in [0.1, 0.15) is 5.75 Å². The molecule has 0 amide bonds. The van der Waals surface area contributed by atoms with E-state index in [1.807, 2.05) is 6.07 Å². The molecule has 4 heteroatoms. The Kier molecular flexibility index (Phi) is 5.63. The smallest absolute Gasteiger partial charge is 0.124 e. The Morgan fingerprint density at radius 1 is 1.26 bits per heavy atom. The number of hydrogen-bond donors (Lipinski definition) is 3. The third kappa shape index (κ3) is 3.93. The fourth-order valence-corrected chi connectivity index (χ4v) is 2.39. The molecule has 1 fully saturated rings. The molecule has 106 valence electrons. The van der Waals surface area contributed by atoms with Gasteiger partial charge in [-0.25, -0.2) is 5.43 Å². The molecule has 4 nitrogen and oxygen atoms in total. The standard InChI is InChI=1S/C15H25N3O/c1-3-9-19-15-8-6-5-7-13(15)14-10-12(17-18-14)11-16-4-2/h5-8,12,14,16-18H,3-4,9-11H2,1-2H3. The molecule has 3 N–H and O–H groups in total. The van der Waals surface area contributed by atoms with Gasteiger partial charge in [-0.2, -0.15) is 0 Å². The quantitative estimate of drug-likeness (QED) is 0.704. The van der Waals surface area contributed by atoms with Gasteiger partial charge in [0.25, 0.3) is 0 Å². The molecule has 2 atom stereocenters. The molecule has 1 aliphatic heterocycles. The van der Waals surface area contributed by atoms with Crippen LogP contribution in [0.15, 0.2) is 24.3 Å². The predicted molar refractivity (Wildman–Crippen MR) is 78.2 cm³/mol. The van der Waals surface area contributed by atoms with Crippen molar-refractivity contribution in [3.05, 3.63) is 29.8 Å². The summed E-state index contributed by atoms with van der Waals surface area (Å²) in [6, 6.07) is 9.13. The van der Waals surface area contributed by atoms with E-state index in [9.17, 15) is 0 Å². The van der Waals surface area contributed by atoms with E-state index in [0.717, 1.165) is 38.3 Å². The minimum Gasteiger partial charge on any atom is -0.493 e. The van der Waals surface area contributed by atoms with Crippen LogP contribution in [0, 0.1) is 0 Å². The molecule has 0 radical (unpaired) electrons. The van der Waals surface area contributed by atoms with E-state index in [1.54, 1.807) is 0 Å². The second-order valence-electron chi connectivity index (χ2n) is 4.97. The van der Waals surface area contributed by atoms with E-state index in [-0.39, 0.29) is 0 Å². The van der Waals surface area contributed by atoms with Crippen LogP contribution in [0.3, 0.4) is 0 Å². The maximum atomic E-state index is 5.83. The minimum absolute atomic E-state index is 0.330. The summed E-state index contributed by atoms with van der Waals surface area (Å²) in [7, 11) is 0. The zero-order valence-corrected chi connectivity index (χ0v) is 11.9. The van der Waals surface area contributed by atoms with Gasteiger partial charge < -0.3 is 10.1 Å². The number of benzene rings is 1. The van der Waals surface area contributed by atoms with Gasteiger partial charge in [-0.05, 0) is 25.5 Å². The number of ether oxygens (including phenoxy) is 1. The maximum Gasteiger partial charge on any atom is 0.124 e. The predicted octanol–water partition coefficient (Wildman–Crippen LogP) is 1.99. The lowest BCUT2D eigenvalue weighted by Crippen LogP contribution is -2.37. The topological polar surface area (TPSA) is 45.3 Å². The first kappa shape index (κ1) is 14.3. The Morgan fingerprint density at radius 2 is 2.11 bits per heavy atom. The highest BCUT2D eigenvalue weighted by molar-refractivity contribution is 5.36. The van der Waals surface area contributed by atoms with Crippen molar-refractivity contribution in [3.63, 3.8) is 0 Å². The first-order chi connectivity index (χ1) is 9.35. The molecule has 1 aromatic rings. The van der Waals surface area contributed by atoms with Gasteiger partial charge in [0, 0.05) is 18.2 Å². The van der Waals surface area contributed by atoms with Crippen LogP contribution in [0.2, 0.25) is 0 Å². The van der Waals surface area contributed by atoms with E-state index in [0.29, 0.717) is 12.1 Å². The van der Waals surface area contributed by atoms with Crippen LogP contribution in [0.5, 0.6) is 5.75 Å². The molecule has 1 aromatic carbocycles. The summed E-state index contributed by atoms with van der Waals surface area (Å²) in [4.78, 5) is 0. The van der Waals surface area contributed by atoms with Crippen molar-refractivity contribution >= 4 is 0 Å². The number of hydrazine groups is 1. The van der Waals surface area contributed by atoms with Crippen LogP contribution in [0.4, 0.5) is 0 Å². The minimum atomic E-state index is 0.330. The van der Waals surface area contributed by atoms with E-state index in [4.69, 9.17) is 4.74 Å². The number of hydrogen-bond acceptors (Lipinski definition) is 4. The van der Waals surface area contributed by atoms with Crippen LogP contribution in [-0.2, 0) is 0 Å². The highest BCUT2D eigenvalue weighted by Crippen LogP contribution is 2.30. The van der Waals surface area contributed by atoms with Crippen LogP contribution in [0.25, 0.3) is 0 Å². The normalized spacial score (nSPS) is 22.6. The average molecular weight is 263 g/mol. The van der Waals surface area contributed by atoms with Crippen molar-refractivity contribution in [2.45, 2.75) is 38.8 Å². The number of rotatable bonds is 7. The van der Waals surface area contributed by atoms with Crippen molar-refractivity contribution in [2.75, 3.05) is 19.7 Å². The summed E-state index contributed by atoms with van der Waals surface area (Å²) >= 11 is 0. The second kappa shape index (κ2) is 7.48.